The van der Waals surface area contributed by atoms with Crippen molar-refractivity contribution in [3.63, 3.8) is 0 Å². The predicted molar refractivity (Wildman–Crippen MR) is 81.4 cm³/mol. The number of likely N-dealkylation sites (N-methyl/N-ethyl adjacent to an activating group) is 1. The Kier molecular flexibility index (Phi) is 3.92. The molecule has 1 N–H and O–H groups in total. The predicted octanol–water partition coefficient (Wildman–Crippen LogP) is 3.56. The fourth-order valence-corrected chi connectivity index (χ4v) is 5.00. The fraction of sp³-hybridized carbons (Fsp3) is 1.00. The third-order valence-corrected chi connectivity index (χ3v) is 6.68. The van der Waals surface area contributed by atoms with Crippen LogP contribution in [0, 0.1) is 5.41 Å². The maximum absolute atomic E-state index is 4.00. The Bertz CT molecular complexity index is 298. The van der Waals surface area contributed by atoms with Crippen LogP contribution in [0.3, 0.4) is 0 Å². The highest BCUT2D eigenvalue weighted by atomic mass is 15.2. The lowest BCUT2D eigenvalue weighted by atomic mass is 9.57. The Morgan fingerprint density at radius 1 is 0.895 bits per heavy atom. The molecule has 0 amide bonds. The molecule has 0 aromatic carbocycles. The molecule has 110 valence electrons. The molecule has 0 radical (unpaired) electrons. The SMILES string of the molecule is CN(C)C1(CNC2CCC23CCCCC3)CCCC1. The van der Waals surface area contributed by atoms with E-state index in [0.29, 0.717) is 11.0 Å². The largest absolute Gasteiger partial charge is 0.312 e. The van der Waals surface area contributed by atoms with Crippen LogP contribution in [-0.4, -0.2) is 37.1 Å². The zero-order valence-electron chi connectivity index (χ0n) is 13.0. The van der Waals surface area contributed by atoms with E-state index >= 15 is 0 Å². The normalized spacial score (nSPS) is 32.7. The first-order valence-electron chi connectivity index (χ1n) is 8.58. The zero-order chi connectivity index (χ0) is 13.3. The minimum absolute atomic E-state index is 0.464. The van der Waals surface area contributed by atoms with Crippen molar-refractivity contribution in [2.45, 2.75) is 82.2 Å². The maximum Gasteiger partial charge on any atom is 0.0327 e. The molecular weight excluding hydrogens is 232 g/mol. The first-order valence-corrected chi connectivity index (χ1v) is 8.58. The van der Waals surface area contributed by atoms with Gasteiger partial charge >= 0.3 is 0 Å². The summed E-state index contributed by atoms with van der Waals surface area (Å²) in [4.78, 5) is 2.50. The molecule has 19 heavy (non-hydrogen) atoms. The van der Waals surface area contributed by atoms with Gasteiger partial charge in [0.15, 0.2) is 0 Å². The summed E-state index contributed by atoms with van der Waals surface area (Å²) in [7, 11) is 4.56. The lowest BCUT2D eigenvalue weighted by Crippen LogP contribution is -2.59. The highest BCUT2D eigenvalue weighted by Crippen LogP contribution is 2.51. The van der Waals surface area contributed by atoms with E-state index in [2.05, 4.69) is 24.3 Å². The van der Waals surface area contributed by atoms with Gasteiger partial charge < -0.3 is 10.2 Å². The van der Waals surface area contributed by atoms with Crippen molar-refractivity contribution in [2.24, 2.45) is 5.41 Å². The molecule has 3 rings (SSSR count). The van der Waals surface area contributed by atoms with Crippen LogP contribution in [0.2, 0.25) is 0 Å². The Balaban J connectivity index is 1.57. The van der Waals surface area contributed by atoms with Crippen molar-refractivity contribution in [3.8, 4) is 0 Å². The number of nitrogens with one attached hydrogen (secondary N) is 1. The van der Waals surface area contributed by atoms with Gasteiger partial charge in [-0.15, -0.1) is 0 Å². The molecule has 0 aromatic rings. The highest BCUT2D eigenvalue weighted by molar-refractivity contribution is 5.04. The second-order valence-electron chi connectivity index (χ2n) is 7.72. The average molecular weight is 264 g/mol. The highest BCUT2D eigenvalue weighted by Gasteiger charge is 2.47. The van der Waals surface area contributed by atoms with Gasteiger partial charge in [-0.2, -0.15) is 0 Å². The first-order chi connectivity index (χ1) is 9.17. The molecule has 3 aliphatic rings. The van der Waals surface area contributed by atoms with Crippen LogP contribution in [0.1, 0.15) is 70.6 Å². The van der Waals surface area contributed by atoms with Gasteiger partial charge in [-0.05, 0) is 58.0 Å². The first kappa shape index (κ1) is 13.9. The van der Waals surface area contributed by atoms with Gasteiger partial charge in [-0.3, -0.25) is 0 Å². The van der Waals surface area contributed by atoms with Crippen LogP contribution in [0.15, 0.2) is 0 Å². The molecular formula is C17H32N2. The fourth-order valence-electron chi connectivity index (χ4n) is 5.00. The molecule has 1 atom stereocenters. The summed E-state index contributed by atoms with van der Waals surface area (Å²) in [6.07, 6.45) is 16.0. The van der Waals surface area contributed by atoms with Crippen molar-refractivity contribution < 1.29 is 0 Å². The van der Waals surface area contributed by atoms with Gasteiger partial charge in [0.1, 0.15) is 0 Å². The van der Waals surface area contributed by atoms with Gasteiger partial charge in [0.25, 0.3) is 0 Å². The van der Waals surface area contributed by atoms with Crippen LogP contribution in [0.5, 0.6) is 0 Å². The van der Waals surface area contributed by atoms with Gasteiger partial charge in [-0.25, -0.2) is 0 Å². The van der Waals surface area contributed by atoms with E-state index in [9.17, 15) is 0 Å². The topological polar surface area (TPSA) is 15.3 Å². The van der Waals surface area contributed by atoms with Gasteiger partial charge in [0.05, 0.1) is 0 Å². The summed E-state index contributed by atoms with van der Waals surface area (Å²) in [5, 5.41) is 4.00. The lowest BCUT2D eigenvalue weighted by molar-refractivity contribution is 0.0129. The van der Waals surface area contributed by atoms with Crippen LogP contribution in [0.25, 0.3) is 0 Å². The Morgan fingerprint density at radius 3 is 2.05 bits per heavy atom. The Hall–Kier alpha value is -0.0800. The Morgan fingerprint density at radius 2 is 1.53 bits per heavy atom. The van der Waals surface area contributed by atoms with E-state index in [1.165, 1.54) is 77.2 Å². The van der Waals surface area contributed by atoms with E-state index in [1.807, 2.05) is 0 Å². The second kappa shape index (κ2) is 5.37. The van der Waals surface area contributed by atoms with Crippen molar-refractivity contribution in [3.05, 3.63) is 0 Å². The Labute approximate surface area is 119 Å². The minimum atomic E-state index is 0.464. The van der Waals surface area contributed by atoms with Gasteiger partial charge in [0.2, 0.25) is 0 Å². The molecule has 0 bridgehead atoms. The summed E-state index contributed by atoms with van der Waals surface area (Å²) >= 11 is 0. The summed E-state index contributed by atoms with van der Waals surface area (Å²) < 4.78 is 0. The van der Waals surface area contributed by atoms with E-state index in [4.69, 9.17) is 0 Å². The molecule has 0 aliphatic heterocycles. The summed E-state index contributed by atoms with van der Waals surface area (Å²) in [5.41, 5.74) is 1.18. The molecule has 2 nitrogen and oxygen atoms in total. The summed E-state index contributed by atoms with van der Waals surface area (Å²) in [6, 6.07) is 0.838. The van der Waals surface area contributed by atoms with Crippen molar-refractivity contribution >= 4 is 0 Å². The molecule has 2 heteroatoms. The average Bonchev–Trinajstić information content (AvgIpc) is 2.89. The van der Waals surface area contributed by atoms with E-state index in [-0.39, 0.29) is 0 Å². The standard InChI is InChI=1S/C17H32N2/c1-19(2)17(11-6-7-12-17)14-18-15-8-13-16(15)9-4-3-5-10-16/h15,18H,3-14H2,1-2H3. The van der Waals surface area contributed by atoms with Crippen molar-refractivity contribution in [2.75, 3.05) is 20.6 Å². The van der Waals surface area contributed by atoms with Crippen LogP contribution in [0.4, 0.5) is 0 Å². The molecule has 0 aromatic heterocycles. The smallest absolute Gasteiger partial charge is 0.0327 e. The molecule has 0 saturated heterocycles. The number of hydrogen-bond donors (Lipinski definition) is 1. The molecule has 1 unspecified atom stereocenters. The van der Waals surface area contributed by atoms with Crippen LogP contribution in [-0.2, 0) is 0 Å². The summed E-state index contributed by atoms with van der Waals surface area (Å²) in [5.74, 6) is 0. The number of rotatable bonds is 4. The van der Waals surface area contributed by atoms with Gasteiger partial charge in [-0.1, -0.05) is 32.1 Å². The van der Waals surface area contributed by atoms with Crippen LogP contribution >= 0.6 is 0 Å². The third-order valence-electron chi connectivity index (χ3n) is 6.68. The monoisotopic (exact) mass is 264 g/mol. The van der Waals surface area contributed by atoms with E-state index in [1.54, 1.807) is 0 Å². The third kappa shape index (κ3) is 2.47. The van der Waals surface area contributed by atoms with Crippen molar-refractivity contribution in [1.82, 2.24) is 10.2 Å². The number of hydrogen-bond acceptors (Lipinski definition) is 2. The van der Waals surface area contributed by atoms with E-state index < -0.39 is 0 Å². The second-order valence-corrected chi connectivity index (χ2v) is 7.72. The number of nitrogens with zero attached hydrogens (tertiary/aromatic N) is 1. The van der Waals surface area contributed by atoms with Gasteiger partial charge in [0, 0.05) is 18.1 Å². The molecule has 0 heterocycles. The molecule has 3 aliphatic carbocycles. The minimum Gasteiger partial charge on any atom is -0.312 e. The molecule has 3 saturated carbocycles. The van der Waals surface area contributed by atoms with E-state index in [0.717, 1.165) is 6.04 Å². The molecule has 1 spiro atoms. The van der Waals surface area contributed by atoms with Crippen LogP contribution < -0.4 is 5.32 Å². The quantitative estimate of drug-likeness (QED) is 0.835. The zero-order valence-corrected chi connectivity index (χ0v) is 13.0. The summed E-state index contributed by atoms with van der Waals surface area (Å²) in [6.45, 7) is 1.23. The molecule has 3 fully saturated rings. The maximum atomic E-state index is 4.00. The lowest BCUT2D eigenvalue weighted by Gasteiger charge is -2.54. The van der Waals surface area contributed by atoms with Crippen molar-refractivity contribution in [1.29, 1.82) is 0 Å².